The molecule has 0 saturated carbocycles. The first-order valence-corrected chi connectivity index (χ1v) is 10.9. The Balaban J connectivity index is 1.30. The normalized spacial score (nSPS) is 15.9. The molecule has 8 nitrogen and oxygen atoms in total. The van der Waals surface area contributed by atoms with Crippen LogP contribution in [0.3, 0.4) is 0 Å². The van der Waals surface area contributed by atoms with Crippen molar-refractivity contribution in [2.24, 2.45) is 0 Å². The molecule has 1 fully saturated rings. The quantitative estimate of drug-likeness (QED) is 0.522. The van der Waals surface area contributed by atoms with E-state index in [0.29, 0.717) is 37.9 Å². The third kappa shape index (κ3) is 5.98. The summed E-state index contributed by atoms with van der Waals surface area (Å²) in [6.07, 6.45) is 1.49. The highest BCUT2D eigenvalue weighted by Crippen LogP contribution is 2.25. The maximum absolute atomic E-state index is 12.7. The summed E-state index contributed by atoms with van der Waals surface area (Å²) < 4.78 is 16.7. The van der Waals surface area contributed by atoms with Gasteiger partial charge in [-0.05, 0) is 36.8 Å². The minimum absolute atomic E-state index is 0.00398. The monoisotopic (exact) mass is 448 g/mol. The second-order valence-electron chi connectivity index (χ2n) is 7.85. The minimum atomic E-state index is 0.00398. The van der Waals surface area contributed by atoms with E-state index in [1.54, 1.807) is 7.11 Å². The van der Waals surface area contributed by atoms with Gasteiger partial charge in [-0.25, -0.2) is 9.97 Å². The fourth-order valence-electron chi connectivity index (χ4n) is 3.77. The van der Waals surface area contributed by atoms with E-state index in [4.69, 9.17) is 14.2 Å². The Kier molecular flexibility index (Phi) is 7.36. The number of aromatic nitrogens is 2. The molecule has 0 unspecified atom stereocenters. The van der Waals surface area contributed by atoms with Gasteiger partial charge in [0.15, 0.2) is 0 Å². The van der Waals surface area contributed by atoms with Gasteiger partial charge >= 0.3 is 0 Å². The molecule has 2 heterocycles. The maximum Gasteiger partial charge on any atom is 0.248 e. The SMILES string of the molecule is COc1ccc(Oc2cc(N3CCN(C(=O)COCc4ccccc4)[C@H](C)C3)ncn2)cc1. The molecule has 0 bridgehead atoms. The number of hydrogen-bond acceptors (Lipinski definition) is 7. The topological polar surface area (TPSA) is 77.0 Å². The van der Waals surface area contributed by atoms with Gasteiger partial charge in [0.05, 0.1) is 13.7 Å². The number of anilines is 1. The molecule has 33 heavy (non-hydrogen) atoms. The first-order chi connectivity index (χ1) is 16.1. The lowest BCUT2D eigenvalue weighted by Crippen LogP contribution is -2.55. The summed E-state index contributed by atoms with van der Waals surface area (Å²) in [5.41, 5.74) is 1.06. The van der Waals surface area contributed by atoms with Crippen LogP contribution in [0, 0.1) is 0 Å². The lowest BCUT2D eigenvalue weighted by Gasteiger charge is -2.40. The summed E-state index contributed by atoms with van der Waals surface area (Å²) in [5, 5.41) is 0. The molecule has 4 rings (SSSR count). The standard InChI is InChI=1S/C25H28N4O4/c1-19-15-28(12-13-29(19)25(30)17-32-16-20-6-4-3-5-7-20)23-14-24(27-18-26-23)33-22-10-8-21(31-2)9-11-22/h3-11,14,18-19H,12-13,15-17H2,1-2H3/t19-/m1/s1. The number of hydrogen-bond donors (Lipinski definition) is 0. The van der Waals surface area contributed by atoms with Crippen LogP contribution in [0.4, 0.5) is 5.82 Å². The van der Waals surface area contributed by atoms with Crippen molar-refractivity contribution in [1.29, 1.82) is 0 Å². The Bertz CT molecular complexity index is 1050. The zero-order valence-electron chi connectivity index (χ0n) is 18.9. The van der Waals surface area contributed by atoms with Crippen LogP contribution in [-0.2, 0) is 16.1 Å². The van der Waals surface area contributed by atoms with E-state index in [2.05, 4.69) is 14.9 Å². The van der Waals surface area contributed by atoms with Crippen molar-refractivity contribution < 1.29 is 19.0 Å². The van der Waals surface area contributed by atoms with Crippen molar-refractivity contribution in [1.82, 2.24) is 14.9 Å². The number of carbonyl (C=O) groups excluding carboxylic acids is 1. The van der Waals surface area contributed by atoms with Gasteiger partial charge in [0, 0.05) is 31.7 Å². The van der Waals surface area contributed by atoms with Crippen LogP contribution in [0.15, 0.2) is 67.0 Å². The maximum atomic E-state index is 12.7. The lowest BCUT2D eigenvalue weighted by molar-refractivity contribution is -0.139. The van der Waals surface area contributed by atoms with E-state index in [1.165, 1.54) is 6.33 Å². The molecule has 1 aromatic heterocycles. The Morgan fingerprint density at radius 2 is 1.79 bits per heavy atom. The number of carbonyl (C=O) groups is 1. The molecular weight excluding hydrogens is 420 g/mol. The fraction of sp³-hybridized carbons (Fsp3) is 0.320. The molecule has 1 aliphatic rings. The van der Waals surface area contributed by atoms with Gasteiger partial charge < -0.3 is 24.0 Å². The van der Waals surface area contributed by atoms with Crippen molar-refractivity contribution in [3.05, 3.63) is 72.6 Å². The predicted octanol–water partition coefficient (Wildman–Crippen LogP) is 3.53. The summed E-state index contributed by atoms with van der Waals surface area (Å²) in [7, 11) is 1.62. The Labute approximate surface area is 193 Å². The van der Waals surface area contributed by atoms with Gasteiger partial charge in [0.2, 0.25) is 11.8 Å². The van der Waals surface area contributed by atoms with E-state index in [1.807, 2.05) is 72.5 Å². The van der Waals surface area contributed by atoms with Crippen molar-refractivity contribution in [3.8, 4) is 17.4 Å². The summed E-state index contributed by atoms with van der Waals surface area (Å²) >= 11 is 0. The first-order valence-electron chi connectivity index (χ1n) is 10.9. The lowest BCUT2D eigenvalue weighted by atomic mass is 10.2. The van der Waals surface area contributed by atoms with Crippen LogP contribution in [0.1, 0.15) is 12.5 Å². The molecule has 8 heteroatoms. The molecule has 1 amide bonds. The van der Waals surface area contributed by atoms with Crippen molar-refractivity contribution >= 4 is 11.7 Å². The zero-order chi connectivity index (χ0) is 23.0. The van der Waals surface area contributed by atoms with Crippen molar-refractivity contribution in [3.63, 3.8) is 0 Å². The fourth-order valence-corrected chi connectivity index (χ4v) is 3.77. The van der Waals surface area contributed by atoms with Crippen molar-refractivity contribution in [2.75, 3.05) is 38.3 Å². The molecule has 172 valence electrons. The number of piperazine rings is 1. The summed E-state index contributed by atoms with van der Waals surface area (Å²) in [4.78, 5) is 25.3. The average molecular weight is 449 g/mol. The third-order valence-corrected chi connectivity index (χ3v) is 5.52. The van der Waals surface area contributed by atoms with Crippen LogP contribution >= 0.6 is 0 Å². The summed E-state index contributed by atoms with van der Waals surface area (Å²) in [6, 6.07) is 19.0. The van der Waals surface area contributed by atoms with Crippen LogP contribution in [0.5, 0.6) is 17.4 Å². The van der Waals surface area contributed by atoms with Gasteiger partial charge in [-0.1, -0.05) is 30.3 Å². The number of benzene rings is 2. The Morgan fingerprint density at radius 3 is 2.52 bits per heavy atom. The smallest absolute Gasteiger partial charge is 0.248 e. The van der Waals surface area contributed by atoms with Crippen molar-refractivity contribution in [2.45, 2.75) is 19.6 Å². The average Bonchev–Trinajstić information content (AvgIpc) is 2.85. The molecule has 1 aliphatic heterocycles. The molecule has 0 aliphatic carbocycles. The predicted molar refractivity (Wildman–Crippen MR) is 125 cm³/mol. The zero-order valence-corrected chi connectivity index (χ0v) is 18.9. The molecule has 1 atom stereocenters. The molecular formula is C25H28N4O4. The molecule has 0 spiro atoms. The number of nitrogens with zero attached hydrogens (tertiary/aromatic N) is 4. The molecule has 3 aromatic rings. The van der Waals surface area contributed by atoms with Crippen LogP contribution in [0.2, 0.25) is 0 Å². The second kappa shape index (κ2) is 10.8. The van der Waals surface area contributed by atoms with E-state index in [-0.39, 0.29) is 18.6 Å². The largest absolute Gasteiger partial charge is 0.497 e. The van der Waals surface area contributed by atoms with Crippen LogP contribution in [0.25, 0.3) is 0 Å². The van der Waals surface area contributed by atoms with Gasteiger partial charge in [-0.2, -0.15) is 0 Å². The number of methoxy groups -OCH3 is 1. The van der Waals surface area contributed by atoms with E-state index in [9.17, 15) is 4.79 Å². The Morgan fingerprint density at radius 1 is 1.03 bits per heavy atom. The molecule has 0 N–H and O–H groups in total. The van der Waals surface area contributed by atoms with Gasteiger partial charge in [-0.3, -0.25) is 4.79 Å². The Hall–Kier alpha value is -3.65. The number of amides is 1. The summed E-state index contributed by atoms with van der Waals surface area (Å²) in [5.74, 6) is 2.67. The van der Waals surface area contributed by atoms with Crippen LogP contribution in [-0.4, -0.2) is 60.2 Å². The molecule has 1 saturated heterocycles. The van der Waals surface area contributed by atoms with Gasteiger partial charge in [0.1, 0.15) is 30.3 Å². The summed E-state index contributed by atoms with van der Waals surface area (Å²) in [6.45, 7) is 4.49. The van der Waals surface area contributed by atoms with Crippen LogP contribution < -0.4 is 14.4 Å². The van der Waals surface area contributed by atoms with Gasteiger partial charge in [0.25, 0.3) is 0 Å². The first kappa shape index (κ1) is 22.5. The highest BCUT2D eigenvalue weighted by molar-refractivity contribution is 5.78. The van der Waals surface area contributed by atoms with E-state index < -0.39 is 0 Å². The molecule has 0 radical (unpaired) electrons. The minimum Gasteiger partial charge on any atom is -0.497 e. The van der Waals surface area contributed by atoms with Gasteiger partial charge in [-0.15, -0.1) is 0 Å². The second-order valence-corrected chi connectivity index (χ2v) is 7.85. The third-order valence-electron chi connectivity index (χ3n) is 5.52. The molecule has 2 aromatic carbocycles. The van der Waals surface area contributed by atoms with E-state index in [0.717, 1.165) is 17.1 Å². The number of rotatable bonds is 8. The highest BCUT2D eigenvalue weighted by atomic mass is 16.5. The number of ether oxygens (including phenoxy) is 3. The van der Waals surface area contributed by atoms with E-state index >= 15 is 0 Å². The highest BCUT2D eigenvalue weighted by Gasteiger charge is 2.28.